The molecule has 1 fully saturated rings. The van der Waals surface area contributed by atoms with E-state index in [0.717, 1.165) is 36.8 Å². The molecule has 1 aromatic carbocycles. The minimum absolute atomic E-state index is 0. The van der Waals surface area contributed by atoms with Crippen LogP contribution in [0.1, 0.15) is 31.2 Å². The van der Waals surface area contributed by atoms with E-state index in [0.29, 0.717) is 24.4 Å². The van der Waals surface area contributed by atoms with Gasteiger partial charge in [0.1, 0.15) is 5.82 Å². The summed E-state index contributed by atoms with van der Waals surface area (Å²) in [7, 11) is 0. The number of benzene rings is 1. The molecule has 1 aliphatic heterocycles. The number of nitrogens with one attached hydrogen (secondary N) is 1. The fraction of sp³-hybridized carbons (Fsp3) is 0.500. The number of halogens is 3. The molecule has 0 aliphatic carbocycles. The molecule has 0 radical (unpaired) electrons. The third-order valence-corrected chi connectivity index (χ3v) is 4.79. The highest BCUT2D eigenvalue weighted by Crippen LogP contribution is 2.20. The molecule has 0 aromatic heterocycles. The van der Waals surface area contributed by atoms with Gasteiger partial charge in [0.25, 0.3) is 0 Å². The van der Waals surface area contributed by atoms with E-state index in [1.165, 1.54) is 6.07 Å². The van der Waals surface area contributed by atoms with E-state index in [9.17, 15) is 9.18 Å². The topological polar surface area (TPSA) is 32.3 Å². The molecule has 24 heavy (non-hydrogen) atoms. The molecule has 1 aliphatic rings. The van der Waals surface area contributed by atoms with Crippen molar-refractivity contribution >= 4 is 34.2 Å². The molecule has 0 spiro atoms. The minimum atomic E-state index is -0.284. The van der Waals surface area contributed by atoms with Crippen molar-refractivity contribution in [2.24, 2.45) is 5.92 Å². The lowest BCUT2D eigenvalue weighted by molar-refractivity contribution is -0.131. The Morgan fingerprint density at radius 2 is 2.12 bits per heavy atom. The van der Waals surface area contributed by atoms with Crippen LogP contribution in [0.3, 0.4) is 0 Å². The molecule has 6 heteroatoms. The molecule has 0 unspecified atom stereocenters. The van der Waals surface area contributed by atoms with Gasteiger partial charge in [0, 0.05) is 29.5 Å². The molecule has 1 amide bonds. The van der Waals surface area contributed by atoms with E-state index < -0.39 is 0 Å². The Balaban J connectivity index is 0.00000288. The highest BCUT2D eigenvalue weighted by Gasteiger charge is 2.18. The Morgan fingerprint density at radius 1 is 1.42 bits per heavy atom. The average molecular weight is 420 g/mol. The lowest BCUT2D eigenvalue weighted by Crippen LogP contribution is -2.32. The number of hydrogen-bond acceptors (Lipinski definition) is 2. The average Bonchev–Trinajstić information content (AvgIpc) is 2.56. The van der Waals surface area contributed by atoms with Crippen LogP contribution in [-0.4, -0.2) is 30.4 Å². The van der Waals surface area contributed by atoms with Crippen LogP contribution in [-0.2, 0) is 11.3 Å². The van der Waals surface area contributed by atoms with Crippen LogP contribution >= 0.6 is 28.3 Å². The van der Waals surface area contributed by atoms with Gasteiger partial charge in [-0.3, -0.25) is 4.79 Å². The SMILES string of the molecule is C=CCN(Cc1cc(Br)ccc1F)C(=O)CCC1CCNCC1.Cl. The van der Waals surface area contributed by atoms with Crippen LogP contribution in [0.5, 0.6) is 0 Å². The molecule has 0 atom stereocenters. The van der Waals surface area contributed by atoms with Crippen LogP contribution in [0.4, 0.5) is 4.39 Å². The van der Waals surface area contributed by atoms with Gasteiger partial charge < -0.3 is 10.2 Å². The first kappa shape index (κ1) is 21.1. The zero-order chi connectivity index (χ0) is 16.7. The van der Waals surface area contributed by atoms with E-state index in [2.05, 4.69) is 27.8 Å². The largest absolute Gasteiger partial charge is 0.335 e. The number of nitrogens with zero attached hydrogens (tertiary/aromatic N) is 1. The fourth-order valence-electron chi connectivity index (χ4n) is 2.94. The second-order valence-electron chi connectivity index (χ2n) is 6.03. The summed E-state index contributed by atoms with van der Waals surface area (Å²) in [4.78, 5) is 14.2. The monoisotopic (exact) mass is 418 g/mol. The van der Waals surface area contributed by atoms with E-state index in [4.69, 9.17) is 0 Å². The molecule has 2 rings (SSSR count). The first-order valence-corrected chi connectivity index (χ1v) is 8.92. The molecule has 134 valence electrons. The Kier molecular flexibility index (Phi) is 9.56. The second kappa shape index (κ2) is 10.9. The third kappa shape index (κ3) is 6.54. The summed E-state index contributed by atoms with van der Waals surface area (Å²) in [6, 6.07) is 4.81. The molecular weight excluding hydrogens is 395 g/mol. The summed E-state index contributed by atoms with van der Waals surface area (Å²) >= 11 is 3.35. The number of hydrogen-bond donors (Lipinski definition) is 1. The summed E-state index contributed by atoms with van der Waals surface area (Å²) < 4.78 is 14.7. The van der Waals surface area contributed by atoms with Gasteiger partial charge in [-0.15, -0.1) is 19.0 Å². The Hall–Kier alpha value is -0.910. The molecule has 0 bridgehead atoms. The molecule has 0 saturated carbocycles. The van der Waals surface area contributed by atoms with Gasteiger partial charge in [-0.25, -0.2) is 4.39 Å². The van der Waals surface area contributed by atoms with Gasteiger partial charge in [0.05, 0.1) is 0 Å². The van der Waals surface area contributed by atoms with Crippen LogP contribution in [0.2, 0.25) is 0 Å². The summed E-state index contributed by atoms with van der Waals surface area (Å²) in [6.07, 6.45) is 5.39. The number of amides is 1. The van der Waals surface area contributed by atoms with Crippen molar-refractivity contribution in [1.29, 1.82) is 0 Å². The summed E-state index contributed by atoms with van der Waals surface area (Å²) in [6.45, 7) is 6.51. The molecule has 1 N–H and O–H groups in total. The number of piperidine rings is 1. The first-order valence-electron chi connectivity index (χ1n) is 8.13. The minimum Gasteiger partial charge on any atom is -0.335 e. The Morgan fingerprint density at radius 3 is 2.79 bits per heavy atom. The number of carbonyl (C=O) groups is 1. The third-order valence-electron chi connectivity index (χ3n) is 4.30. The fourth-order valence-corrected chi connectivity index (χ4v) is 3.35. The summed E-state index contributed by atoms with van der Waals surface area (Å²) in [5.74, 6) is 0.407. The van der Waals surface area contributed by atoms with Crippen molar-refractivity contribution < 1.29 is 9.18 Å². The molecule has 1 saturated heterocycles. The lowest BCUT2D eigenvalue weighted by atomic mass is 9.93. The summed E-state index contributed by atoms with van der Waals surface area (Å²) in [5, 5.41) is 3.33. The van der Waals surface area contributed by atoms with Crippen molar-refractivity contribution in [3.63, 3.8) is 0 Å². The van der Waals surface area contributed by atoms with E-state index in [1.807, 2.05) is 0 Å². The van der Waals surface area contributed by atoms with Crippen molar-refractivity contribution in [3.8, 4) is 0 Å². The second-order valence-corrected chi connectivity index (χ2v) is 6.95. The Bertz CT molecular complexity index is 550. The van der Waals surface area contributed by atoms with Gasteiger partial charge >= 0.3 is 0 Å². The lowest BCUT2D eigenvalue weighted by Gasteiger charge is -2.25. The Labute approximate surface area is 158 Å². The predicted molar refractivity (Wildman–Crippen MR) is 102 cm³/mol. The molecule has 1 heterocycles. The quantitative estimate of drug-likeness (QED) is 0.668. The zero-order valence-electron chi connectivity index (χ0n) is 13.8. The maximum Gasteiger partial charge on any atom is 0.223 e. The summed E-state index contributed by atoms with van der Waals surface area (Å²) in [5.41, 5.74) is 0.524. The van der Waals surface area contributed by atoms with Gasteiger partial charge in [0.15, 0.2) is 0 Å². The smallest absolute Gasteiger partial charge is 0.223 e. The zero-order valence-corrected chi connectivity index (χ0v) is 16.2. The van der Waals surface area contributed by atoms with Gasteiger partial charge in [-0.05, 0) is 56.5 Å². The van der Waals surface area contributed by atoms with E-state index in [1.54, 1.807) is 23.1 Å². The maximum atomic E-state index is 13.9. The number of carbonyl (C=O) groups excluding carboxylic acids is 1. The normalized spacial score (nSPS) is 14.8. The standard InChI is InChI=1S/C18H24BrFN2O.ClH/c1-2-11-22(13-15-12-16(19)4-5-17(15)20)18(23)6-3-14-7-9-21-10-8-14;/h2,4-5,12,14,21H,1,3,6-11,13H2;1H. The maximum absolute atomic E-state index is 13.9. The molecule has 3 nitrogen and oxygen atoms in total. The predicted octanol–water partition coefficient (Wildman–Crippen LogP) is 4.30. The number of rotatable bonds is 7. The molecular formula is C18H25BrClFN2O. The van der Waals surface area contributed by atoms with Crippen LogP contribution < -0.4 is 5.32 Å². The molecule has 1 aromatic rings. The highest BCUT2D eigenvalue weighted by atomic mass is 79.9. The van der Waals surface area contributed by atoms with E-state index >= 15 is 0 Å². The van der Waals surface area contributed by atoms with Gasteiger partial charge in [-0.1, -0.05) is 22.0 Å². The first-order chi connectivity index (χ1) is 11.1. The van der Waals surface area contributed by atoms with Crippen molar-refractivity contribution in [2.45, 2.75) is 32.2 Å². The van der Waals surface area contributed by atoms with Crippen molar-refractivity contribution in [1.82, 2.24) is 10.2 Å². The van der Waals surface area contributed by atoms with E-state index in [-0.39, 0.29) is 30.7 Å². The van der Waals surface area contributed by atoms with Crippen LogP contribution in [0, 0.1) is 11.7 Å². The van der Waals surface area contributed by atoms with Gasteiger partial charge in [-0.2, -0.15) is 0 Å². The van der Waals surface area contributed by atoms with Crippen molar-refractivity contribution in [2.75, 3.05) is 19.6 Å². The van der Waals surface area contributed by atoms with Gasteiger partial charge in [0.2, 0.25) is 5.91 Å². The van der Waals surface area contributed by atoms with Crippen molar-refractivity contribution in [3.05, 3.63) is 46.7 Å². The van der Waals surface area contributed by atoms with Crippen LogP contribution in [0.15, 0.2) is 35.3 Å². The van der Waals surface area contributed by atoms with Crippen LogP contribution in [0.25, 0.3) is 0 Å². The highest BCUT2D eigenvalue weighted by molar-refractivity contribution is 9.10.